The molecule has 0 unspecified atom stereocenters. The van der Waals surface area contributed by atoms with Crippen LogP contribution >= 0.6 is 0 Å². The fourth-order valence-corrected chi connectivity index (χ4v) is 1.85. The molecule has 0 aliphatic heterocycles. The monoisotopic (exact) mass is 294 g/mol. The second kappa shape index (κ2) is 7.52. The third-order valence-corrected chi connectivity index (χ3v) is 2.90. The number of rotatable bonds is 6. The Kier molecular flexibility index (Phi) is 6.02. The molecule has 0 aliphatic rings. The van der Waals surface area contributed by atoms with Gasteiger partial charge in [-0.3, -0.25) is 9.59 Å². The van der Waals surface area contributed by atoms with Gasteiger partial charge in [0.1, 0.15) is 12.3 Å². The number of nitrogens with zero attached hydrogens (tertiary/aromatic N) is 1. The molecule has 0 bridgehead atoms. The van der Waals surface area contributed by atoms with Gasteiger partial charge in [-0.05, 0) is 32.9 Å². The van der Waals surface area contributed by atoms with Crippen molar-refractivity contribution in [3.8, 4) is 5.75 Å². The van der Waals surface area contributed by atoms with Gasteiger partial charge >= 0.3 is 5.97 Å². The van der Waals surface area contributed by atoms with Crippen molar-refractivity contribution in [3.63, 3.8) is 0 Å². The van der Waals surface area contributed by atoms with Gasteiger partial charge < -0.3 is 20.1 Å². The minimum absolute atomic E-state index is 0.105. The number of ether oxygens (including phenoxy) is 2. The molecular formula is C15H22N2O4. The molecule has 0 atom stereocenters. The molecule has 1 amide bonds. The Bertz CT molecular complexity index is 514. The summed E-state index contributed by atoms with van der Waals surface area (Å²) in [7, 11) is 1.29. The molecule has 2 N–H and O–H groups in total. The van der Waals surface area contributed by atoms with Crippen molar-refractivity contribution in [3.05, 3.63) is 23.8 Å². The molecule has 21 heavy (non-hydrogen) atoms. The van der Waals surface area contributed by atoms with Gasteiger partial charge in [0.2, 0.25) is 0 Å². The third kappa shape index (κ3) is 4.66. The maximum atomic E-state index is 12.6. The highest BCUT2D eigenvalue weighted by molar-refractivity contribution is 5.97. The topological polar surface area (TPSA) is 81.9 Å². The van der Waals surface area contributed by atoms with Crippen LogP contribution in [0.1, 0.15) is 31.1 Å². The molecule has 0 aromatic heterocycles. The molecule has 1 aromatic rings. The number of carbonyl (C=O) groups is 2. The lowest BCUT2D eigenvalue weighted by Crippen LogP contribution is -2.41. The fraction of sp³-hybridized carbons (Fsp3) is 0.467. The lowest BCUT2D eigenvalue weighted by molar-refractivity contribution is -0.141. The molecule has 1 aromatic carbocycles. The number of amides is 1. The molecule has 0 radical (unpaired) electrons. The maximum absolute atomic E-state index is 12.6. The summed E-state index contributed by atoms with van der Waals surface area (Å²) in [5.74, 6) is -0.225. The lowest BCUT2D eigenvalue weighted by Gasteiger charge is -2.25. The van der Waals surface area contributed by atoms with Crippen molar-refractivity contribution in [2.45, 2.75) is 26.8 Å². The average Bonchev–Trinajstić information content (AvgIpc) is 2.43. The van der Waals surface area contributed by atoms with E-state index in [0.717, 1.165) is 0 Å². The van der Waals surface area contributed by atoms with Crippen molar-refractivity contribution in [1.29, 1.82) is 0 Å². The van der Waals surface area contributed by atoms with Crippen molar-refractivity contribution in [1.82, 2.24) is 4.90 Å². The van der Waals surface area contributed by atoms with Crippen LogP contribution in [0.15, 0.2) is 18.2 Å². The normalized spacial score (nSPS) is 10.3. The summed E-state index contributed by atoms with van der Waals surface area (Å²) < 4.78 is 10.00. The van der Waals surface area contributed by atoms with Crippen molar-refractivity contribution in [2.75, 3.05) is 26.0 Å². The van der Waals surface area contributed by atoms with E-state index in [-0.39, 0.29) is 18.5 Å². The summed E-state index contributed by atoms with van der Waals surface area (Å²) in [5.41, 5.74) is 6.61. The third-order valence-electron chi connectivity index (χ3n) is 2.90. The van der Waals surface area contributed by atoms with Gasteiger partial charge in [-0.25, -0.2) is 0 Å². The number of carbonyl (C=O) groups excluding carboxylic acids is 2. The molecule has 0 fully saturated rings. The summed E-state index contributed by atoms with van der Waals surface area (Å²) >= 11 is 0. The van der Waals surface area contributed by atoms with E-state index in [1.165, 1.54) is 12.0 Å². The molecule has 0 saturated heterocycles. The Balaban J connectivity index is 3.05. The first kappa shape index (κ1) is 16.8. The van der Waals surface area contributed by atoms with Crippen LogP contribution in [0, 0.1) is 0 Å². The molecule has 1 rings (SSSR count). The van der Waals surface area contributed by atoms with E-state index in [2.05, 4.69) is 4.74 Å². The first-order valence-corrected chi connectivity index (χ1v) is 6.80. The number of esters is 1. The minimum atomic E-state index is -0.467. The number of anilines is 1. The molecule has 116 valence electrons. The number of benzene rings is 1. The Morgan fingerprint density at radius 3 is 2.48 bits per heavy atom. The van der Waals surface area contributed by atoms with E-state index in [0.29, 0.717) is 23.6 Å². The summed E-state index contributed by atoms with van der Waals surface area (Å²) in [6.45, 7) is 5.88. The summed E-state index contributed by atoms with van der Waals surface area (Å²) in [4.78, 5) is 25.4. The predicted octanol–water partition coefficient (Wildman–Crippen LogP) is 1.69. The van der Waals surface area contributed by atoms with Crippen LogP contribution in [0.2, 0.25) is 0 Å². The van der Waals surface area contributed by atoms with Gasteiger partial charge in [0.25, 0.3) is 5.91 Å². The Morgan fingerprint density at radius 2 is 1.95 bits per heavy atom. The van der Waals surface area contributed by atoms with Crippen molar-refractivity contribution < 1.29 is 19.1 Å². The van der Waals surface area contributed by atoms with Gasteiger partial charge in [0.15, 0.2) is 0 Å². The van der Waals surface area contributed by atoms with Crippen LogP contribution in [-0.4, -0.2) is 43.1 Å². The van der Waals surface area contributed by atoms with E-state index in [1.807, 2.05) is 20.8 Å². The average molecular weight is 294 g/mol. The van der Waals surface area contributed by atoms with E-state index in [4.69, 9.17) is 10.5 Å². The first-order valence-electron chi connectivity index (χ1n) is 6.80. The zero-order valence-corrected chi connectivity index (χ0v) is 12.9. The highest BCUT2D eigenvalue weighted by atomic mass is 16.5. The smallest absolute Gasteiger partial charge is 0.325 e. The van der Waals surface area contributed by atoms with Gasteiger partial charge in [-0.2, -0.15) is 0 Å². The van der Waals surface area contributed by atoms with E-state index >= 15 is 0 Å². The van der Waals surface area contributed by atoms with Gasteiger partial charge in [0.05, 0.1) is 13.7 Å². The van der Waals surface area contributed by atoms with Crippen LogP contribution in [-0.2, 0) is 9.53 Å². The van der Waals surface area contributed by atoms with Crippen LogP contribution in [0.25, 0.3) is 0 Å². The highest BCUT2D eigenvalue weighted by Crippen LogP contribution is 2.21. The second-order valence-corrected chi connectivity index (χ2v) is 4.83. The molecular weight excluding hydrogens is 272 g/mol. The highest BCUT2D eigenvalue weighted by Gasteiger charge is 2.22. The zero-order valence-electron chi connectivity index (χ0n) is 12.9. The Morgan fingerprint density at radius 1 is 1.29 bits per heavy atom. The van der Waals surface area contributed by atoms with Crippen LogP contribution < -0.4 is 10.5 Å². The number of hydrogen-bond donors (Lipinski definition) is 1. The van der Waals surface area contributed by atoms with E-state index in [9.17, 15) is 9.59 Å². The van der Waals surface area contributed by atoms with Crippen LogP contribution in [0.5, 0.6) is 5.75 Å². The largest absolute Gasteiger partial charge is 0.494 e. The quantitative estimate of drug-likeness (QED) is 0.638. The van der Waals surface area contributed by atoms with E-state index in [1.54, 1.807) is 18.2 Å². The summed E-state index contributed by atoms with van der Waals surface area (Å²) in [6, 6.07) is 4.70. The number of hydrogen-bond acceptors (Lipinski definition) is 5. The van der Waals surface area contributed by atoms with Gasteiger partial charge in [-0.15, -0.1) is 0 Å². The van der Waals surface area contributed by atoms with Crippen LogP contribution in [0.4, 0.5) is 5.69 Å². The van der Waals surface area contributed by atoms with Gasteiger partial charge in [0, 0.05) is 23.4 Å². The maximum Gasteiger partial charge on any atom is 0.325 e. The lowest BCUT2D eigenvalue weighted by atomic mass is 10.1. The molecule has 0 heterocycles. The van der Waals surface area contributed by atoms with Crippen molar-refractivity contribution in [2.24, 2.45) is 0 Å². The molecule has 0 saturated carbocycles. The standard InChI is InChI=1S/C15H22N2O4/c1-5-21-13-7-11(6-12(16)8-13)15(19)17(10(2)3)9-14(18)20-4/h6-8,10H,5,9,16H2,1-4H3. The summed E-state index contributed by atoms with van der Waals surface area (Å²) in [6.07, 6.45) is 0. The van der Waals surface area contributed by atoms with E-state index < -0.39 is 5.97 Å². The number of methoxy groups -OCH3 is 1. The fourth-order valence-electron chi connectivity index (χ4n) is 1.85. The van der Waals surface area contributed by atoms with Crippen molar-refractivity contribution >= 4 is 17.6 Å². The second-order valence-electron chi connectivity index (χ2n) is 4.83. The number of nitrogens with two attached hydrogens (primary N) is 1. The number of nitrogen functional groups attached to an aromatic ring is 1. The first-order chi connectivity index (χ1) is 9.88. The molecule has 0 aliphatic carbocycles. The van der Waals surface area contributed by atoms with Crippen LogP contribution in [0.3, 0.4) is 0 Å². The molecule has 6 heteroatoms. The zero-order chi connectivity index (χ0) is 16.0. The van der Waals surface area contributed by atoms with Gasteiger partial charge in [-0.1, -0.05) is 0 Å². The predicted molar refractivity (Wildman–Crippen MR) is 80.2 cm³/mol. The Hall–Kier alpha value is -2.24. The molecule has 6 nitrogen and oxygen atoms in total. The molecule has 0 spiro atoms. The minimum Gasteiger partial charge on any atom is -0.494 e. The summed E-state index contributed by atoms with van der Waals surface area (Å²) in [5, 5.41) is 0. The SMILES string of the molecule is CCOc1cc(N)cc(C(=O)N(CC(=O)OC)C(C)C)c1. The Labute approximate surface area is 124 Å².